The summed E-state index contributed by atoms with van der Waals surface area (Å²) in [5.41, 5.74) is 2.22. The van der Waals surface area contributed by atoms with Crippen molar-refractivity contribution in [2.75, 3.05) is 5.32 Å². The van der Waals surface area contributed by atoms with Crippen LogP contribution in [0, 0.1) is 12.7 Å². The molecule has 0 fully saturated rings. The van der Waals surface area contributed by atoms with Crippen molar-refractivity contribution < 1.29 is 9.18 Å². The van der Waals surface area contributed by atoms with Crippen molar-refractivity contribution in [3.05, 3.63) is 63.9 Å². The fourth-order valence-electron chi connectivity index (χ4n) is 2.38. The van der Waals surface area contributed by atoms with Crippen LogP contribution in [0.5, 0.6) is 0 Å². The maximum absolute atomic E-state index is 13.7. The Labute approximate surface area is 146 Å². The van der Waals surface area contributed by atoms with E-state index in [4.69, 9.17) is 0 Å². The van der Waals surface area contributed by atoms with E-state index in [1.54, 1.807) is 36.1 Å². The molecule has 0 radical (unpaired) electrons. The minimum Gasteiger partial charge on any atom is -0.318 e. The predicted molar refractivity (Wildman–Crippen MR) is 91.3 cm³/mol. The number of nitrogens with zero attached hydrogens (tertiary/aromatic N) is 4. The molecule has 24 heavy (non-hydrogen) atoms. The number of anilines is 1. The summed E-state index contributed by atoms with van der Waals surface area (Å²) in [4.78, 5) is 12.4. The van der Waals surface area contributed by atoms with E-state index in [9.17, 15) is 9.18 Å². The lowest BCUT2D eigenvalue weighted by molar-refractivity contribution is 0.101. The number of carbonyl (C=O) groups excluding carboxylic acids is 1. The van der Waals surface area contributed by atoms with Gasteiger partial charge in [-0.1, -0.05) is 18.2 Å². The summed E-state index contributed by atoms with van der Waals surface area (Å²) >= 11 is 3.37. The van der Waals surface area contributed by atoms with Crippen LogP contribution in [0.4, 0.5) is 10.1 Å². The molecule has 6 nitrogen and oxygen atoms in total. The SMILES string of the molecule is Cc1nn(C)c(C(=O)Nc2cnn(Cc3ccccc3F)c2)c1Br. The van der Waals surface area contributed by atoms with Gasteiger partial charge in [-0.2, -0.15) is 10.2 Å². The first-order valence-electron chi connectivity index (χ1n) is 7.22. The Morgan fingerprint density at radius 2 is 2.12 bits per heavy atom. The first-order chi connectivity index (χ1) is 11.5. The summed E-state index contributed by atoms with van der Waals surface area (Å²) in [6.45, 7) is 2.10. The largest absolute Gasteiger partial charge is 0.318 e. The number of halogens is 2. The predicted octanol–water partition coefficient (Wildman–Crippen LogP) is 3.13. The number of carbonyl (C=O) groups is 1. The van der Waals surface area contributed by atoms with Crippen LogP contribution >= 0.6 is 15.9 Å². The van der Waals surface area contributed by atoms with Gasteiger partial charge in [-0.3, -0.25) is 14.2 Å². The minimum absolute atomic E-state index is 0.284. The van der Waals surface area contributed by atoms with Crippen molar-refractivity contribution in [3.63, 3.8) is 0 Å². The van der Waals surface area contributed by atoms with Crippen LogP contribution in [0.2, 0.25) is 0 Å². The summed E-state index contributed by atoms with van der Waals surface area (Å²) in [6, 6.07) is 6.52. The highest BCUT2D eigenvalue weighted by Gasteiger charge is 2.18. The Kier molecular flexibility index (Phi) is 4.48. The fraction of sp³-hybridized carbons (Fsp3) is 0.188. The maximum Gasteiger partial charge on any atom is 0.275 e. The van der Waals surface area contributed by atoms with Gasteiger partial charge in [0.25, 0.3) is 5.91 Å². The maximum atomic E-state index is 13.7. The summed E-state index contributed by atoms with van der Waals surface area (Å²) in [7, 11) is 1.70. The van der Waals surface area contributed by atoms with Gasteiger partial charge in [-0.15, -0.1) is 0 Å². The van der Waals surface area contributed by atoms with Gasteiger partial charge in [0.1, 0.15) is 11.5 Å². The summed E-state index contributed by atoms with van der Waals surface area (Å²) < 4.78 is 17.4. The highest BCUT2D eigenvalue weighted by atomic mass is 79.9. The van der Waals surface area contributed by atoms with Crippen molar-refractivity contribution in [2.45, 2.75) is 13.5 Å². The van der Waals surface area contributed by atoms with Gasteiger partial charge in [0.15, 0.2) is 0 Å². The van der Waals surface area contributed by atoms with Crippen LogP contribution in [0.3, 0.4) is 0 Å². The molecule has 2 aromatic heterocycles. The molecule has 0 atom stereocenters. The standard InChI is InChI=1S/C16H15BrFN5O/c1-10-14(17)15(22(2)21-10)16(24)20-12-7-19-23(9-12)8-11-5-3-4-6-13(11)18/h3-7,9H,8H2,1-2H3,(H,20,24). The zero-order valence-corrected chi connectivity index (χ0v) is 14.7. The molecule has 0 aliphatic heterocycles. The third-order valence-electron chi connectivity index (χ3n) is 3.55. The normalized spacial score (nSPS) is 10.8. The minimum atomic E-state index is -0.296. The molecular weight excluding hydrogens is 377 g/mol. The molecule has 0 spiro atoms. The molecule has 1 aromatic carbocycles. The fourth-order valence-corrected chi connectivity index (χ4v) is 2.90. The molecule has 3 aromatic rings. The molecule has 3 rings (SSSR count). The van der Waals surface area contributed by atoms with Crippen molar-refractivity contribution in [1.29, 1.82) is 0 Å². The highest BCUT2D eigenvalue weighted by molar-refractivity contribution is 9.10. The van der Waals surface area contributed by atoms with Crippen LogP contribution in [-0.4, -0.2) is 25.5 Å². The van der Waals surface area contributed by atoms with E-state index in [2.05, 4.69) is 31.4 Å². The molecule has 0 bridgehead atoms. The zero-order valence-electron chi connectivity index (χ0n) is 13.1. The topological polar surface area (TPSA) is 64.7 Å². The van der Waals surface area contributed by atoms with Gasteiger partial charge in [0, 0.05) is 18.8 Å². The summed E-state index contributed by atoms with van der Waals surface area (Å²) in [6.07, 6.45) is 3.18. The first kappa shape index (κ1) is 16.4. The molecule has 0 unspecified atom stereocenters. The van der Waals surface area contributed by atoms with Gasteiger partial charge in [0.05, 0.1) is 28.6 Å². The monoisotopic (exact) mass is 391 g/mol. The van der Waals surface area contributed by atoms with E-state index in [1.807, 2.05) is 6.92 Å². The van der Waals surface area contributed by atoms with Crippen molar-refractivity contribution in [3.8, 4) is 0 Å². The smallest absolute Gasteiger partial charge is 0.275 e. The van der Waals surface area contributed by atoms with Crippen LogP contribution in [-0.2, 0) is 13.6 Å². The highest BCUT2D eigenvalue weighted by Crippen LogP contribution is 2.21. The van der Waals surface area contributed by atoms with Crippen LogP contribution in [0.1, 0.15) is 21.7 Å². The second kappa shape index (κ2) is 6.56. The molecule has 0 aliphatic rings. The van der Waals surface area contributed by atoms with Gasteiger partial charge in [-0.05, 0) is 28.9 Å². The lowest BCUT2D eigenvalue weighted by Crippen LogP contribution is -2.16. The summed E-state index contributed by atoms with van der Waals surface area (Å²) in [5, 5.41) is 11.1. The van der Waals surface area contributed by atoms with Crippen molar-refractivity contribution >= 4 is 27.5 Å². The van der Waals surface area contributed by atoms with E-state index in [0.717, 1.165) is 5.69 Å². The van der Waals surface area contributed by atoms with E-state index < -0.39 is 0 Å². The molecular formula is C16H15BrFN5O. The molecule has 8 heteroatoms. The Morgan fingerprint density at radius 3 is 2.79 bits per heavy atom. The Bertz CT molecular complexity index is 902. The average molecular weight is 392 g/mol. The lowest BCUT2D eigenvalue weighted by atomic mass is 10.2. The average Bonchev–Trinajstić information content (AvgIpc) is 3.06. The zero-order chi connectivity index (χ0) is 17.3. The lowest BCUT2D eigenvalue weighted by Gasteiger charge is -2.04. The molecule has 1 amide bonds. The second-order valence-corrected chi connectivity index (χ2v) is 6.14. The molecule has 124 valence electrons. The van der Waals surface area contributed by atoms with E-state index in [1.165, 1.54) is 16.9 Å². The molecule has 1 N–H and O–H groups in total. The molecule has 0 saturated heterocycles. The van der Waals surface area contributed by atoms with Crippen LogP contribution in [0.15, 0.2) is 41.1 Å². The quantitative estimate of drug-likeness (QED) is 0.742. The van der Waals surface area contributed by atoms with Gasteiger partial charge >= 0.3 is 0 Å². The third-order valence-corrected chi connectivity index (χ3v) is 4.49. The molecule has 2 heterocycles. The van der Waals surface area contributed by atoms with Gasteiger partial charge in [0.2, 0.25) is 0 Å². The Hall–Kier alpha value is -2.48. The van der Waals surface area contributed by atoms with E-state index >= 15 is 0 Å². The number of aryl methyl sites for hydroxylation is 2. The number of hydrogen-bond donors (Lipinski definition) is 1. The Balaban J connectivity index is 1.74. The van der Waals surface area contributed by atoms with Crippen LogP contribution in [0.25, 0.3) is 0 Å². The van der Waals surface area contributed by atoms with Gasteiger partial charge < -0.3 is 5.32 Å². The van der Waals surface area contributed by atoms with E-state index in [0.29, 0.717) is 21.4 Å². The number of benzene rings is 1. The number of hydrogen-bond acceptors (Lipinski definition) is 3. The van der Waals surface area contributed by atoms with Crippen molar-refractivity contribution in [2.24, 2.45) is 7.05 Å². The second-order valence-electron chi connectivity index (χ2n) is 5.34. The number of amides is 1. The molecule has 0 aliphatic carbocycles. The number of nitrogens with one attached hydrogen (secondary N) is 1. The van der Waals surface area contributed by atoms with Gasteiger partial charge in [-0.25, -0.2) is 4.39 Å². The first-order valence-corrected chi connectivity index (χ1v) is 8.01. The van der Waals surface area contributed by atoms with Crippen molar-refractivity contribution in [1.82, 2.24) is 19.6 Å². The van der Waals surface area contributed by atoms with Crippen LogP contribution < -0.4 is 5.32 Å². The number of aromatic nitrogens is 4. The molecule has 0 saturated carbocycles. The Morgan fingerprint density at radius 1 is 1.38 bits per heavy atom. The summed E-state index contributed by atoms with van der Waals surface area (Å²) in [5.74, 6) is -0.580. The van der Waals surface area contributed by atoms with E-state index in [-0.39, 0.29) is 18.3 Å². The third kappa shape index (κ3) is 3.23. The number of rotatable bonds is 4.